The van der Waals surface area contributed by atoms with E-state index < -0.39 is 17.7 Å². The van der Waals surface area contributed by atoms with E-state index in [-0.39, 0.29) is 23.4 Å². The molecule has 106 valence electrons. The summed E-state index contributed by atoms with van der Waals surface area (Å²) in [6.45, 7) is 1.49. The zero-order chi connectivity index (χ0) is 14.7. The Hall–Kier alpha value is -1.85. The molecule has 0 aromatic heterocycles. The third-order valence-corrected chi connectivity index (χ3v) is 3.21. The Labute approximate surface area is 115 Å². The second-order valence-electron chi connectivity index (χ2n) is 4.65. The Morgan fingerprint density at radius 1 is 1.10 bits per heavy atom. The van der Waals surface area contributed by atoms with Gasteiger partial charge in [0.25, 0.3) is 0 Å². The van der Waals surface area contributed by atoms with E-state index in [1.54, 1.807) is 12.1 Å². The molecule has 0 aliphatic rings. The van der Waals surface area contributed by atoms with Crippen molar-refractivity contribution >= 4 is 0 Å². The highest BCUT2D eigenvalue weighted by Crippen LogP contribution is 2.24. The van der Waals surface area contributed by atoms with Crippen LogP contribution >= 0.6 is 0 Å². The SMILES string of the molecule is Cc1ccc(C(Cc2cccc(F)c2)NN)c(F)c1F. The van der Waals surface area contributed by atoms with Crippen molar-refractivity contribution in [3.8, 4) is 0 Å². The second-order valence-corrected chi connectivity index (χ2v) is 4.65. The molecule has 0 saturated carbocycles. The maximum atomic E-state index is 13.9. The molecule has 2 aromatic rings. The van der Waals surface area contributed by atoms with Gasteiger partial charge in [0.1, 0.15) is 5.82 Å². The van der Waals surface area contributed by atoms with Gasteiger partial charge in [-0.1, -0.05) is 24.3 Å². The van der Waals surface area contributed by atoms with Crippen LogP contribution in [0, 0.1) is 24.4 Å². The minimum absolute atomic E-state index is 0.125. The number of hydrogen-bond acceptors (Lipinski definition) is 2. The van der Waals surface area contributed by atoms with Crippen molar-refractivity contribution in [3.05, 3.63) is 70.5 Å². The molecule has 2 aromatic carbocycles. The van der Waals surface area contributed by atoms with Gasteiger partial charge in [0.15, 0.2) is 11.6 Å². The zero-order valence-corrected chi connectivity index (χ0v) is 11.0. The van der Waals surface area contributed by atoms with Crippen molar-refractivity contribution in [1.29, 1.82) is 0 Å². The first-order valence-electron chi connectivity index (χ1n) is 6.18. The average molecular weight is 280 g/mol. The normalized spacial score (nSPS) is 12.4. The summed E-state index contributed by atoms with van der Waals surface area (Å²) < 4.78 is 40.7. The number of aryl methyl sites for hydroxylation is 1. The summed E-state index contributed by atoms with van der Waals surface area (Å²) in [4.78, 5) is 0. The number of benzene rings is 2. The quantitative estimate of drug-likeness (QED) is 0.667. The van der Waals surface area contributed by atoms with Gasteiger partial charge in [-0.15, -0.1) is 0 Å². The van der Waals surface area contributed by atoms with E-state index in [9.17, 15) is 13.2 Å². The third-order valence-electron chi connectivity index (χ3n) is 3.21. The highest BCUT2D eigenvalue weighted by Gasteiger charge is 2.19. The first kappa shape index (κ1) is 14.6. The molecule has 0 fully saturated rings. The second kappa shape index (κ2) is 6.07. The molecule has 0 radical (unpaired) electrons. The van der Waals surface area contributed by atoms with Gasteiger partial charge < -0.3 is 0 Å². The Morgan fingerprint density at radius 2 is 1.85 bits per heavy atom. The van der Waals surface area contributed by atoms with Crippen LogP contribution < -0.4 is 11.3 Å². The monoisotopic (exact) mass is 280 g/mol. The van der Waals surface area contributed by atoms with Crippen molar-refractivity contribution in [1.82, 2.24) is 5.43 Å². The fraction of sp³-hybridized carbons (Fsp3) is 0.200. The maximum Gasteiger partial charge on any atom is 0.163 e. The summed E-state index contributed by atoms with van der Waals surface area (Å²) in [6, 6.07) is 8.27. The zero-order valence-electron chi connectivity index (χ0n) is 11.0. The Balaban J connectivity index is 2.31. The molecule has 20 heavy (non-hydrogen) atoms. The molecule has 0 bridgehead atoms. The molecule has 3 N–H and O–H groups in total. The van der Waals surface area contributed by atoms with Gasteiger partial charge in [0, 0.05) is 5.56 Å². The van der Waals surface area contributed by atoms with Crippen molar-refractivity contribution in [2.75, 3.05) is 0 Å². The summed E-state index contributed by atoms with van der Waals surface area (Å²) in [5, 5.41) is 0. The number of hydrazine groups is 1. The van der Waals surface area contributed by atoms with Crippen LogP contribution in [0.3, 0.4) is 0 Å². The van der Waals surface area contributed by atoms with Crippen LogP contribution in [0.2, 0.25) is 0 Å². The minimum Gasteiger partial charge on any atom is -0.271 e. The predicted octanol–water partition coefficient (Wildman–Crippen LogP) is 3.16. The lowest BCUT2D eigenvalue weighted by atomic mass is 9.97. The average Bonchev–Trinajstić information content (AvgIpc) is 2.43. The topological polar surface area (TPSA) is 38.0 Å². The summed E-state index contributed by atoms with van der Waals surface area (Å²) in [5.74, 6) is 3.22. The van der Waals surface area contributed by atoms with E-state index in [4.69, 9.17) is 5.84 Å². The van der Waals surface area contributed by atoms with E-state index in [2.05, 4.69) is 5.43 Å². The number of rotatable bonds is 4. The van der Waals surface area contributed by atoms with Crippen LogP contribution in [0.4, 0.5) is 13.2 Å². The predicted molar refractivity (Wildman–Crippen MR) is 71.3 cm³/mol. The molecular formula is C15H15F3N2. The largest absolute Gasteiger partial charge is 0.271 e. The van der Waals surface area contributed by atoms with Crippen LogP contribution in [0.25, 0.3) is 0 Å². The number of nitrogens with two attached hydrogens (primary N) is 1. The van der Waals surface area contributed by atoms with Crippen LogP contribution in [-0.4, -0.2) is 0 Å². The van der Waals surface area contributed by atoms with Gasteiger partial charge in [0.05, 0.1) is 6.04 Å². The van der Waals surface area contributed by atoms with Gasteiger partial charge in [-0.05, 0) is 36.6 Å². The molecule has 2 rings (SSSR count). The lowest BCUT2D eigenvalue weighted by Gasteiger charge is -2.18. The van der Waals surface area contributed by atoms with Gasteiger partial charge >= 0.3 is 0 Å². The highest BCUT2D eigenvalue weighted by atomic mass is 19.2. The minimum atomic E-state index is -0.927. The lowest BCUT2D eigenvalue weighted by molar-refractivity contribution is 0.460. The molecule has 0 spiro atoms. The van der Waals surface area contributed by atoms with Crippen molar-refractivity contribution in [2.45, 2.75) is 19.4 Å². The van der Waals surface area contributed by atoms with Gasteiger partial charge in [0.2, 0.25) is 0 Å². The van der Waals surface area contributed by atoms with Crippen LogP contribution in [0.5, 0.6) is 0 Å². The van der Waals surface area contributed by atoms with E-state index in [1.807, 2.05) is 0 Å². The van der Waals surface area contributed by atoms with Gasteiger partial charge in [-0.25, -0.2) is 13.2 Å². The van der Waals surface area contributed by atoms with Crippen molar-refractivity contribution in [2.24, 2.45) is 5.84 Å². The van der Waals surface area contributed by atoms with Crippen LogP contribution in [0.15, 0.2) is 36.4 Å². The van der Waals surface area contributed by atoms with E-state index >= 15 is 0 Å². The van der Waals surface area contributed by atoms with Crippen molar-refractivity contribution in [3.63, 3.8) is 0 Å². The Bertz CT molecular complexity index is 614. The van der Waals surface area contributed by atoms with Gasteiger partial charge in [-0.3, -0.25) is 11.3 Å². The van der Waals surface area contributed by atoms with Crippen LogP contribution in [-0.2, 0) is 6.42 Å². The molecule has 0 saturated heterocycles. The molecule has 1 atom stereocenters. The number of halogens is 3. The van der Waals surface area contributed by atoms with Gasteiger partial charge in [-0.2, -0.15) is 0 Å². The number of nitrogens with one attached hydrogen (secondary N) is 1. The summed E-state index contributed by atoms with van der Waals surface area (Å²) in [6.07, 6.45) is 0.258. The van der Waals surface area contributed by atoms with E-state index in [1.165, 1.54) is 31.2 Å². The lowest BCUT2D eigenvalue weighted by Crippen LogP contribution is -2.30. The van der Waals surface area contributed by atoms with Crippen molar-refractivity contribution < 1.29 is 13.2 Å². The first-order valence-corrected chi connectivity index (χ1v) is 6.18. The standard InChI is InChI=1S/C15H15F3N2/c1-9-5-6-12(15(18)14(9)17)13(20-19)8-10-3-2-4-11(16)7-10/h2-7,13,20H,8,19H2,1H3. The summed E-state index contributed by atoms with van der Waals surface area (Å²) in [5.41, 5.74) is 3.45. The molecule has 0 aliphatic carbocycles. The summed E-state index contributed by atoms with van der Waals surface area (Å²) >= 11 is 0. The highest BCUT2D eigenvalue weighted by molar-refractivity contribution is 5.29. The fourth-order valence-electron chi connectivity index (χ4n) is 2.09. The fourth-order valence-corrected chi connectivity index (χ4v) is 2.09. The molecule has 0 aliphatic heterocycles. The van der Waals surface area contributed by atoms with E-state index in [0.29, 0.717) is 5.56 Å². The number of hydrogen-bond donors (Lipinski definition) is 2. The molecule has 0 heterocycles. The smallest absolute Gasteiger partial charge is 0.163 e. The molecule has 2 nitrogen and oxygen atoms in total. The van der Waals surface area contributed by atoms with E-state index in [0.717, 1.165) is 0 Å². The third kappa shape index (κ3) is 3.00. The Morgan fingerprint density at radius 3 is 2.50 bits per heavy atom. The molecular weight excluding hydrogens is 265 g/mol. The maximum absolute atomic E-state index is 13.9. The first-order chi connectivity index (χ1) is 9.52. The molecule has 0 amide bonds. The Kier molecular flexibility index (Phi) is 4.42. The molecule has 5 heteroatoms. The molecule has 1 unspecified atom stereocenters. The summed E-state index contributed by atoms with van der Waals surface area (Å²) in [7, 11) is 0. The van der Waals surface area contributed by atoms with Crippen LogP contribution in [0.1, 0.15) is 22.7 Å².